The van der Waals surface area contributed by atoms with E-state index in [1.165, 1.54) is 11.1 Å². The fourth-order valence-corrected chi connectivity index (χ4v) is 4.03. The smallest absolute Gasteiger partial charge is 0.257 e. The molecule has 7 nitrogen and oxygen atoms in total. The van der Waals surface area contributed by atoms with Crippen molar-refractivity contribution in [3.63, 3.8) is 0 Å². The number of benzene rings is 2. The molecule has 1 aromatic heterocycles. The number of aliphatic imine (C=N–C) groups is 1. The summed E-state index contributed by atoms with van der Waals surface area (Å²) >= 11 is 0. The van der Waals surface area contributed by atoms with Gasteiger partial charge in [0.15, 0.2) is 0 Å². The maximum absolute atomic E-state index is 13.1. The van der Waals surface area contributed by atoms with Crippen molar-refractivity contribution in [2.45, 2.75) is 66.8 Å². The van der Waals surface area contributed by atoms with Gasteiger partial charge in [0, 0.05) is 30.0 Å². The van der Waals surface area contributed by atoms with E-state index in [4.69, 9.17) is 9.73 Å². The van der Waals surface area contributed by atoms with Crippen LogP contribution in [-0.4, -0.2) is 34.8 Å². The molecule has 192 valence electrons. The third kappa shape index (κ3) is 6.97. The maximum Gasteiger partial charge on any atom is 0.257 e. The van der Waals surface area contributed by atoms with Gasteiger partial charge in [-0.2, -0.15) is 5.10 Å². The van der Waals surface area contributed by atoms with E-state index in [0.29, 0.717) is 24.7 Å². The van der Waals surface area contributed by atoms with Crippen molar-refractivity contribution >= 4 is 17.6 Å². The zero-order chi connectivity index (χ0) is 26.3. The Morgan fingerprint density at radius 1 is 1.03 bits per heavy atom. The lowest BCUT2D eigenvalue weighted by Crippen LogP contribution is -2.36. The van der Waals surface area contributed by atoms with E-state index in [-0.39, 0.29) is 11.3 Å². The minimum atomic E-state index is -0.209. The Hall–Kier alpha value is -3.61. The summed E-state index contributed by atoms with van der Waals surface area (Å²) in [6.45, 7) is 16.6. The molecule has 2 aromatic carbocycles. The van der Waals surface area contributed by atoms with Gasteiger partial charge in [-0.25, -0.2) is 0 Å². The van der Waals surface area contributed by atoms with Crippen LogP contribution in [0, 0.1) is 13.8 Å². The molecule has 0 saturated heterocycles. The number of anilines is 1. The third-order valence-corrected chi connectivity index (χ3v) is 6.14. The van der Waals surface area contributed by atoms with Gasteiger partial charge in [0.05, 0.1) is 12.3 Å². The molecule has 2 N–H and O–H groups in total. The Morgan fingerprint density at radius 3 is 2.25 bits per heavy atom. The molecule has 3 aromatic rings. The molecule has 3 rings (SSSR count). The van der Waals surface area contributed by atoms with Crippen LogP contribution in [0.15, 0.2) is 53.5 Å². The van der Waals surface area contributed by atoms with Gasteiger partial charge in [-0.3, -0.25) is 19.8 Å². The minimum absolute atomic E-state index is 0.0265. The van der Waals surface area contributed by atoms with Gasteiger partial charge in [-0.05, 0) is 87.1 Å². The van der Waals surface area contributed by atoms with Crippen molar-refractivity contribution in [2.75, 3.05) is 18.5 Å². The number of carbonyl (C=O) groups excluding carboxylic acids is 1. The number of aromatic nitrogens is 2. The summed E-state index contributed by atoms with van der Waals surface area (Å²) < 4.78 is 7.54. The largest absolute Gasteiger partial charge is 0.494 e. The molecule has 0 spiro atoms. The maximum atomic E-state index is 13.1. The average molecular weight is 490 g/mol. The molecule has 0 radical (unpaired) electrons. The number of hydrogen-bond acceptors (Lipinski definition) is 4. The van der Waals surface area contributed by atoms with Gasteiger partial charge in [-0.15, -0.1) is 0 Å². The third-order valence-electron chi connectivity index (χ3n) is 6.14. The van der Waals surface area contributed by atoms with Crippen LogP contribution in [0.25, 0.3) is 0 Å². The summed E-state index contributed by atoms with van der Waals surface area (Å²) in [6.07, 6.45) is 0.738. The van der Waals surface area contributed by atoms with Crippen LogP contribution in [0.3, 0.4) is 0 Å². The van der Waals surface area contributed by atoms with E-state index < -0.39 is 0 Å². The van der Waals surface area contributed by atoms with E-state index in [9.17, 15) is 4.79 Å². The molecule has 0 atom stereocenters. The molecule has 1 heterocycles. The number of nitrogens with one attached hydrogen (secondary N) is 2. The van der Waals surface area contributed by atoms with Crippen molar-refractivity contribution in [3.05, 3.63) is 76.6 Å². The van der Waals surface area contributed by atoms with Gasteiger partial charge in [0.1, 0.15) is 5.75 Å². The highest BCUT2D eigenvalue weighted by Gasteiger charge is 2.16. The summed E-state index contributed by atoms with van der Waals surface area (Å²) in [6, 6.07) is 15.3. The SMILES string of the molecule is CCOc1ccc(NC(=NCCc2c(C)nn(CC)c2C)NC(=O)c2ccc(C(C)(C)C)cc2)cc1. The molecule has 0 aliphatic heterocycles. The number of aryl methyl sites for hydroxylation is 2. The van der Waals surface area contributed by atoms with Crippen LogP contribution in [-0.2, 0) is 18.4 Å². The Kier molecular flexibility index (Phi) is 8.91. The molecule has 36 heavy (non-hydrogen) atoms. The first-order valence-corrected chi connectivity index (χ1v) is 12.6. The fourth-order valence-electron chi connectivity index (χ4n) is 4.03. The molecule has 7 heteroatoms. The molecule has 0 aliphatic rings. The predicted molar refractivity (Wildman–Crippen MR) is 147 cm³/mol. The molecule has 1 amide bonds. The van der Waals surface area contributed by atoms with E-state index in [1.54, 1.807) is 0 Å². The van der Waals surface area contributed by atoms with Crippen LogP contribution < -0.4 is 15.4 Å². The minimum Gasteiger partial charge on any atom is -0.494 e. The standard InChI is InChI=1S/C29H39N5O2/c1-8-34-21(4)26(20(3)33-34)18-19-30-28(31-24-14-16-25(17-15-24)36-9-2)32-27(35)22-10-12-23(13-11-22)29(5,6)7/h10-17H,8-9,18-19H2,1-7H3,(H2,30,31,32,35). The predicted octanol–water partition coefficient (Wildman–Crippen LogP) is 5.66. The molecule has 0 aliphatic carbocycles. The number of carbonyl (C=O) groups is 1. The number of hydrogen-bond donors (Lipinski definition) is 2. The van der Waals surface area contributed by atoms with Crippen LogP contribution >= 0.6 is 0 Å². The number of guanidine groups is 1. The van der Waals surface area contributed by atoms with Crippen molar-refractivity contribution < 1.29 is 9.53 Å². The second kappa shape index (κ2) is 11.9. The lowest BCUT2D eigenvalue weighted by atomic mass is 9.87. The summed E-state index contributed by atoms with van der Waals surface area (Å²) in [4.78, 5) is 17.8. The van der Waals surface area contributed by atoms with Crippen LogP contribution in [0.1, 0.15) is 67.5 Å². The molecule has 0 unspecified atom stereocenters. The van der Waals surface area contributed by atoms with Crippen molar-refractivity contribution in [2.24, 2.45) is 4.99 Å². The van der Waals surface area contributed by atoms with Crippen molar-refractivity contribution in [3.8, 4) is 5.75 Å². The average Bonchev–Trinajstić information content (AvgIpc) is 3.12. The van der Waals surface area contributed by atoms with E-state index in [1.807, 2.05) is 67.1 Å². The molecule has 0 bridgehead atoms. The molecule has 0 saturated carbocycles. The van der Waals surface area contributed by atoms with Gasteiger partial charge < -0.3 is 10.1 Å². The highest BCUT2D eigenvalue weighted by molar-refractivity contribution is 6.10. The lowest BCUT2D eigenvalue weighted by Gasteiger charge is -2.19. The molecular formula is C29H39N5O2. The summed E-state index contributed by atoms with van der Waals surface area (Å²) in [5.74, 6) is 0.990. The monoisotopic (exact) mass is 489 g/mol. The first kappa shape index (κ1) is 27.0. The number of ether oxygens (including phenoxy) is 1. The van der Waals surface area contributed by atoms with Gasteiger partial charge >= 0.3 is 0 Å². The van der Waals surface area contributed by atoms with E-state index >= 15 is 0 Å². The van der Waals surface area contributed by atoms with Gasteiger partial charge in [0.2, 0.25) is 5.96 Å². The molecular weight excluding hydrogens is 450 g/mol. The lowest BCUT2D eigenvalue weighted by molar-refractivity contribution is 0.0977. The summed E-state index contributed by atoms with van der Waals surface area (Å²) in [5.41, 5.74) is 5.98. The second-order valence-corrected chi connectivity index (χ2v) is 9.81. The summed E-state index contributed by atoms with van der Waals surface area (Å²) in [7, 11) is 0. The van der Waals surface area contributed by atoms with Crippen molar-refractivity contribution in [1.29, 1.82) is 0 Å². The first-order chi connectivity index (χ1) is 17.1. The van der Waals surface area contributed by atoms with E-state index in [2.05, 4.69) is 50.4 Å². The number of amides is 1. The molecule has 0 fully saturated rings. The zero-order valence-electron chi connectivity index (χ0n) is 22.6. The van der Waals surface area contributed by atoms with Gasteiger partial charge in [0.25, 0.3) is 5.91 Å². The van der Waals surface area contributed by atoms with Crippen LogP contribution in [0.2, 0.25) is 0 Å². The zero-order valence-corrected chi connectivity index (χ0v) is 22.6. The van der Waals surface area contributed by atoms with Gasteiger partial charge in [-0.1, -0.05) is 32.9 Å². The highest BCUT2D eigenvalue weighted by Crippen LogP contribution is 2.22. The van der Waals surface area contributed by atoms with Crippen LogP contribution in [0.5, 0.6) is 5.75 Å². The number of rotatable bonds is 8. The second-order valence-electron chi connectivity index (χ2n) is 9.81. The van der Waals surface area contributed by atoms with Crippen molar-refractivity contribution in [1.82, 2.24) is 15.1 Å². The van der Waals surface area contributed by atoms with E-state index in [0.717, 1.165) is 35.8 Å². The Morgan fingerprint density at radius 2 is 1.69 bits per heavy atom. The number of nitrogens with zero attached hydrogens (tertiary/aromatic N) is 3. The quantitative estimate of drug-likeness (QED) is 0.316. The Balaban J connectivity index is 1.78. The topological polar surface area (TPSA) is 80.5 Å². The Bertz CT molecular complexity index is 1190. The van der Waals surface area contributed by atoms with Crippen LogP contribution in [0.4, 0.5) is 5.69 Å². The first-order valence-electron chi connectivity index (χ1n) is 12.6. The highest BCUT2D eigenvalue weighted by atomic mass is 16.5. The Labute approximate surface area is 215 Å². The normalized spacial score (nSPS) is 11.9. The summed E-state index contributed by atoms with van der Waals surface area (Å²) in [5, 5.41) is 10.8. The fraction of sp³-hybridized carbons (Fsp3) is 0.414.